The van der Waals surface area contributed by atoms with E-state index in [9.17, 15) is 30.6 Å². The Bertz CT molecular complexity index is 3130. The number of benzene rings is 2. The van der Waals surface area contributed by atoms with Crippen LogP contribution in [0.15, 0.2) is 107 Å². The average Bonchev–Trinajstić information content (AvgIpc) is 4.13. The third-order valence-corrected chi connectivity index (χ3v) is 15.0. The summed E-state index contributed by atoms with van der Waals surface area (Å²) >= 11 is 7.03. The zero-order chi connectivity index (χ0) is 40.6. The molecule has 0 spiro atoms. The number of fused-ring (bicyclic) bond motifs is 7. The molecule has 0 N–H and O–H groups in total. The van der Waals surface area contributed by atoms with Crippen LogP contribution in [0.25, 0.3) is 60.4 Å². The second-order valence-corrected chi connectivity index (χ2v) is 17.8. The number of rotatable bonds is 8. The molecule has 9 rings (SSSR count). The predicted molar refractivity (Wildman–Crippen MR) is 233 cm³/mol. The molecule has 0 saturated carbocycles. The molecule has 12 nitrogen and oxygen atoms in total. The third-order valence-electron chi connectivity index (χ3n) is 8.94. The molecule has 0 amide bonds. The standard InChI is InChI=1S/C42H20N8O4S5/c43-17-25(18-44)47-33-13-11-29(55-33)31-15-27-37(57-31)39-35(49(27)41(51)53-21-23-7-3-1-4-8-23)36-40(59-39)38-28(50(36)42(52)54-22-24-9-5-2-6-10-24)16-32(58-38)30-12-14-34(56-30)48-26(19-45)20-46/h1-16H,21-22H2. The molecule has 0 atom stereocenters. The van der Waals surface area contributed by atoms with Gasteiger partial charge in [0.15, 0.2) is 0 Å². The van der Waals surface area contributed by atoms with Gasteiger partial charge in [0.2, 0.25) is 11.4 Å². The first-order chi connectivity index (χ1) is 28.9. The maximum absolute atomic E-state index is 14.4. The molecule has 17 heteroatoms. The molecule has 0 saturated heterocycles. The quantitative estimate of drug-likeness (QED) is 0.135. The summed E-state index contributed by atoms with van der Waals surface area (Å²) in [5.41, 5.74) is 3.32. The molecular formula is C42H20N8O4S5. The zero-order valence-corrected chi connectivity index (χ0v) is 34.0. The van der Waals surface area contributed by atoms with E-state index >= 15 is 0 Å². The van der Waals surface area contributed by atoms with E-state index < -0.39 is 12.2 Å². The molecule has 282 valence electrons. The minimum atomic E-state index is -0.628. The molecule has 0 fully saturated rings. The van der Waals surface area contributed by atoms with Crippen LogP contribution in [0.4, 0.5) is 19.6 Å². The van der Waals surface area contributed by atoms with Gasteiger partial charge in [0, 0.05) is 19.5 Å². The smallest absolute Gasteiger partial charge is 0.419 e. The van der Waals surface area contributed by atoms with Crippen molar-refractivity contribution in [3.05, 3.63) is 108 Å². The highest BCUT2D eigenvalue weighted by molar-refractivity contribution is 7.36. The number of ether oxygens (including phenoxy) is 2. The number of hydrogen-bond donors (Lipinski definition) is 0. The average molecular weight is 861 g/mol. The number of aromatic nitrogens is 2. The summed E-state index contributed by atoms with van der Waals surface area (Å²) in [5, 5.41) is 37.9. The van der Waals surface area contributed by atoms with Crippen LogP contribution in [-0.4, -0.2) is 32.7 Å². The minimum absolute atomic E-state index is 0.0210. The molecule has 7 heterocycles. The van der Waals surface area contributed by atoms with Crippen LogP contribution in [0.2, 0.25) is 0 Å². The van der Waals surface area contributed by atoms with Crippen LogP contribution in [0, 0.1) is 45.3 Å². The lowest BCUT2D eigenvalue weighted by Crippen LogP contribution is -2.16. The van der Waals surface area contributed by atoms with Crippen LogP contribution < -0.4 is 0 Å². The highest BCUT2D eigenvalue weighted by Crippen LogP contribution is 2.52. The van der Waals surface area contributed by atoms with Gasteiger partial charge in [0.05, 0.1) is 40.9 Å². The Morgan fingerprint density at radius 2 is 0.915 bits per heavy atom. The first kappa shape index (κ1) is 37.4. The Balaban J connectivity index is 1.24. The van der Waals surface area contributed by atoms with Gasteiger partial charge in [-0.2, -0.15) is 21.0 Å². The van der Waals surface area contributed by atoms with Gasteiger partial charge in [0.25, 0.3) is 0 Å². The fourth-order valence-corrected chi connectivity index (χ4v) is 12.2. The number of aliphatic imine (C=N–C) groups is 2. The van der Waals surface area contributed by atoms with Crippen LogP contribution >= 0.6 is 56.7 Å². The van der Waals surface area contributed by atoms with Crippen LogP contribution in [-0.2, 0) is 22.7 Å². The summed E-state index contributed by atoms with van der Waals surface area (Å²) in [5.74, 6) is 0. The minimum Gasteiger partial charge on any atom is -0.444 e. The van der Waals surface area contributed by atoms with E-state index in [1.54, 1.807) is 36.4 Å². The second-order valence-electron chi connectivity index (χ2n) is 12.5. The van der Waals surface area contributed by atoms with Crippen molar-refractivity contribution >= 4 is 131 Å². The molecule has 59 heavy (non-hydrogen) atoms. The maximum Gasteiger partial charge on any atom is 0.419 e. The van der Waals surface area contributed by atoms with Crippen molar-refractivity contribution < 1.29 is 19.1 Å². The van der Waals surface area contributed by atoms with Gasteiger partial charge < -0.3 is 9.47 Å². The van der Waals surface area contributed by atoms with Crippen molar-refractivity contribution in [1.29, 1.82) is 21.0 Å². The van der Waals surface area contributed by atoms with Gasteiger partial charge >= 0.3 is 12.2 Å². The molecular weight excluding hydrogens is 841 g/mol. The largest absolute Gasteiger partial charge is 0.444 e. The Morgan fingerprint density at radius 1 is 0.508 bits per heavy atom. The van der Waals surface area contributed by atoms with Crippen molar-refractivity contribution in [2.45, 2.75) is 13.2 Å². The van der Waals surface area contributed by atoms with Crippen molar-refractivity contribution in [3.8, 4) is 43.8 Å². The number of carbonyl (C=O) groups excluding carboxylic acids is 2. The number of carbonyl (C=O) groups is 2. The van der Waals surface area contributed by atoms with E-state index in [4.69, 9.17) is 9.47 Å². The van der Waals surface area contributed by atoms with Crippen molar-refractivity contribution in [2.24, 2.45) is 9.98 Å². The topological polar surface area (TPSA) is 182 Å². The molecule has 0 aliphatic rings. The number of hydrogen-bond acceptors (Lipinski definition) is 15. The van der Waals surface area contributed by atoms with E-state index in [2.05, 4.69) is 9.98 Å². The van der Waals surface area contributed by atoms with E-state index in [1.165, 1.54) is 65.8 Å². The molecule has 2 aromatic carbocycles. The molecule has 0 bridgehead atoms. The van der Waals surface area contributed by atoms with Gasteiger partial charge in [-0.25, -0.2) is 28.7 Å². The van der Waals surface area contributed by atoms with Crippen LogP contribution in [0.3, 0.4) is 0 Å². The first-order valence-electron chi connectivity index (χ1n) is 17.3. The maximum atomic E-state index is 14.4. The zero-order valence-electron chi connectivity index (χ0n) is 29.9. The summed E-state index contributed by atoms with van der Waals surface area (Å²) in [4.78, 5) is 40.4. The number of thiophene rings is 5. The summed E-state index contributed by atoms with van der Waals surface area (Å²) in [6.07, 6.45) is -1.26. The molecule has 7 aromatic heterocycles. The number of nitriles is 4. The van der Waals surface area contributed by atoms with Crippen LogP contribution in [0.1, 0.15) is 11.1 Å². The fourth-order valence-electron chi connectivity index (χ4n) is 6.40. The van der Waals surface area contributed by atoms with Gasteiger partial charge in [0.1, 0.15) is 47.5 Å². The Labute approximate surface area is 353 Å². The normalized spacial score (nSPS) is 10.9. The van der Waals surface area contributed by atoms with E-state index in [0.717, 1.165) is 49.4 Å². The highest BCUT2D eigenvalue weighted by atomic mass is 32.1. The van der Waals surface area contributed by atoms with E-state index in [1.807, 2.05) is 84.9 Å². The van der Waals surface area contributed by atoms with E-state index in [-0.39, 0.29) is 24.6 Å². The monoisotopic (exact) mass is 860 g/mol. The van der Waals surface area contributed by atoms with Gasteiger partial charge in [-0.05, 0) is 47.5 Å². The molecule has 9 aromatic rings. The van der Waals surface area contributed by atoms with Crippen molar-refractivity contribution in [3.63, 3.8) is 0 Å². The molecule has 0 unspecified atom stereocenters. The molecule has 0 aliphatic heterocycles. The summed E-state index contributed by atoms with van der Waals surface area (Å²) in [7, 11) is 0. The Hall–Kier alpha value is -7.22. The Kier molecular flexibility index (Phi) is 9.89. The van der Waals surface area contributed by atoms with Crippen LogP contribution in [0.5, 0.6) is 0 Å². The number of nitrogens with zero attached hydrogens (tertiary/aromatic N) is 8. The van der Waals surface area contributed by atoms with Gasteiger partial charge in [-0.3, -0.25) is 0 Å². The first-order valence-corrected chi connectivity index (χ1v) is 21.4. The lowest BCUT2D eigenvalue weighted by Gasteiger charge is -2.10. The SMILES string of the molecule is N#CC(C#N)=Nc1ccc(-c2cc3c(s2)c2sc4c5sc(-c6ccc(N=C(C#N)C#N)s6)cc5n(C(=O)OCc5ccccc5)c4c2n3C(=O)OCc2ccccc2)s1. The van der Waals surface area contributed by atoms with Gasteiger partial charge in [-0.15, -0.1) is 56.7 Å². The van der Waals surface area contributed by atoms with E-state index in [0.29, 0.717) is 32.1 Å². The highest BCUT2D eigenvalue weighted by Gasteiger charge is 2.31. The van der Waals surface area contributed by atoms with Gasteiger partial charge in [-0.1, -0.05) is 60.7 Å². The van der Waals surface area contributed by atoms with Crippen molar-refractivity contribution in [2.75, 3.05) is 0 Å². The Morgan fingerprint density at radius 3 is 1.31 bits per heavy atom. The summed E-state index contributed by atoms with van der Waals surface area (Å²) < 4.78 is 18.1. The molecule has 0 aliphatic carbocycles. The predicted octanol–water partition coefficient (Wildman–Crippen LogP) is 12.2. The lowest BCUT2D eigenvalue weighted by molar-refractivity contribution is 0.142. The van der Waals surface area contributed by atoms with Crippen molar-refractivity contribution in [1.82, 2.24) is 9.13 Å². The summed E-state index contributed by atoms with van der Waals surface area (Å²) in [6, 6.07) is 36.9. The second kappa shape index (κ2) is 15.6. The summed E-state index contributed by atoms with van der Waals surface area (Å²) in [6.45, 7) is 0.0420. The molecule has 0 radical (unpaired) electrons. The lowest BCUT2D eigenvalue weighted by atomic mass is 10.2. The fraction of sp³-hybridized carbons (Fsp3) is 0.0476. The third kappa shape index (κ3) is 6.85.